The highest BCUT2D eigenvalue weighted by Crippen LogP contribution is 2.34. The largest absolute Gasteiger partial charge is 0.493 e. The molecule has 1 aliphatic rings. The second-order valence-electron chi connectivity index (χ2n) is 7.54. The lowest BCUT2D eigenvalue weighted by atomic mass is 10.0. The molecule has 0 bridgehead atoms. The number of carbonyl (C=O) groups is 1. The van der Waals surface area contributed by atoms with Gasteiger partial charge < -0.3 is 23.7 Å². The molecule has 9 nitrogen and oxygen atoms in total. The van der Waals surface area contributed by atoms with Gasteiger partial charge >= 0.3 is 6.09 Å². The monoisotopic (exact) mass is 451 g/mol. The minimum absolute atomic E-state index is 0.0357. The van der Waals surface area contributed by atoms with E-state index in [-0.39, 0.29) is 23.2 Å². The van der Waals surface area contributed by atoms with E-state index in [0.717, 1.165) is 11.1 Å². The number of nitrogens with zero attached hydrogens (tertiary/aromatic N) is 5. The predicted octanol–water partition coefficient (Wildman–Crippen LogP) is 3.81. The van der Waals surface area contributed by atoms with Crippen LogP contribution in [0.15, 0.2) is 36.7 Å². The zero-order valence-corrected chi connectivity index (χ0v) is 18.2. The minimum atomic E-state index is -0.625. The average molecular weight is 451 g/mol. The van der Waals surface area contributed by atoms with Gasteiger partial charge in [0.2, 0.25) is 0 Å². The summed E-state index contributed by atoms with van der Waals surface area (Å²) in [4.78, 5) is 13.0. The zero-order valence-electron chi connectivity index (χ0n) is 18.2. The van der Waals surface area contributed by atoms with Gasteiger partial charge in [-0.15, -0.1) is 10.2 Å². The van der Waals surface area contributed by atoms with E-state index >= 15 is 0 Å². The van der Waals surface area contributed by atoms with E-state index in [1.54, 1.807) is 34.0 Å². The third kappa shape index (κ3) is 4.87. The number of hydrogen-bond donors (Lipinski definition) is 0. The van der Waals surface area contributed by atoms with Crippen LogP contribution in [0.4, 0.5) is 9.18 Å². The van der Waals surface area contributed by atoms with Crippen molar-refractivity contribution in [3.8, 4) is 34.7 Å². The van der Waals surface area contributed by atoms with Crippen molar-refractivity contribution in [3.05, 3.63) is 53.6 Å². The first kappa shape index (κ1) is 22.1. The predicted molar refractivity (Wildman–Crippen MR) is 115 cm³/mol. The average Bonchev–Trinajstić information content (AvgIpc) is 3.41. The van der Waals surface area contributed by atoms with E-state index in [2.05, 4.69) is 16.3 Å². The molecule has 3 aromatic rings. The summed E-state index contributed by atoms with van der Waals surface area (Å²) in [5.41, 5.74) is 1.83. The number of benzene rings is 2. The van der Waals surface area contributed by atoms with Crippen molar-refractivity contribution in [1.82, 2.24) is 19.7 Å². The number of nitriles is 1. The molecular weight excluding hydrogens is 429 g/mol. The van der Waals surface area contributed by atoms with Crippen molar-refractivity contribution in [2.24, 2.45) is 7.05 Å². The number of amides is 1. The fourth-order valence-corrected chi connectivity index (χ4v) is 3.47. The number of ether oxygens (including phenoxy) is 3. The fraction of sp³-hybridized carbons (Fsp3) is 0.304. The number of cyclic esters (lactones) is 1. The highest BCUT2D eigenvalue weighted by atomic mass is 19.1. The number of halogens is 1. The Morgan fingerprint density at radius 1 is 1.27 bits per heavy atom. The Morgan fingerprint density at radius 2 is 2.12 bits per heavy atom. The maximum atomic E-state index is 14.7. The van der Waals surface area contributed by atoms with Gasteiger partial charge in [0.1, 0.15) is 30.5 Å². The fourth-order valence-electron chi connectivity index (χ4n) is 3.47. The van der Waals surface area contributed by atoms with Crippen LogP contribution in [0.3, 0.4) is 0 Å². The van der Waals surface area contributed by atoms with Crippen molar-refractivity contribution in [1.29, 1.82) is 5.26 Å². The summed E-state index contributed by atoms with van der Waals surface area (Å²) in [5, 5.41) is 17.5. The summed E-state index contributed by atoms with van der Waals surface area (Å²) in [6.45, 7) is 3.66. The van der Waals surface area contributed by atoms with E-state index in [1.165, 1.54) is 12.1 Å². The Morgan fingerprint density at radius 3 is 2.79 bits per heavy atom. The lowest BCUT2D eigenvalue weighted by Gasteiger charge is -2.14. The van der Waals surface area contributed by atoms with E-state index in [9.17, 15) is 14.4 Å². The maximum Gasteiger partial charge on any atom is 0.409 e. The van der Waals surface area contributed by atoms with Crippen molar-refractivity contribution in [2.75, 3.05) is 26.3 Å². The SMILES string of the molecule is Cc1cc(C#N)c(Oc2ccc(OCCCN3CCOC3=O)cc2F)cc1-c1nncn1C. The topological polar surface area (TPSA) is 102 Å². The van der Waals surface area contributed by atoms with Gasteiger partial charge in [-0.3, -0.25) is 0 Å². The molecule has 4 rings (SSSR count). The summed E-state index contributed by atoms with van der Waals surface area (Å²) >= 11 is 0. The van der Waals surface area contributed by atoms with Gasteiger partial charge in [-0.2, -0.15) is 5.26 Å². The van der Waals surface area contributed by atoms with Crippen LogP contribution in [0.2, 0.25) is 0 Å². The quantitative estimate of drug-likeness (QED) is 0.480. The van der Waals surface area contributed by atoms with Gasteiger partial charge in [0.15, 0.2) is 17.4 Å². The summed E-state index contributed by atoms with van der Waals surface area (Å²) in [6, 6.07) is 9.68. The first-order valence-electron chi connectivity index (χ1n) is 10.4. The molecule has 2 aromatic carbocycles. The van der Waals surface area contributed by atoms with Crippen molar-refractivity contribution < 1.29 is 23.4 Å². The first-order chi connectivity index (χ1) is 16.0. The molecule has 0 spiro atoms. The number of aryl methyl sites for hydroxylation is 2. The lowest BCUT2D eigenvalue weighted by Crippen LogP contribution is -2.26. The van der Waals surface area contributed by atoms with Crippen molar-refractivity contribution >= 4 is 6.09 Å². The summed E-state index contributed by atoms with van der Waals surface area (Å²) < 4.78 is 32.7. The minimum Gasteiger partial charge on any atom is -0.493 e. The normalized spacial score (nSPS) is 13.0. The second kappa shape index (κ2) is 9.56. The number of aromatic nitrogens is 3. The molecule has 0 atom stereocenters. The third-order valence-electron chi connectivity index (χ3n) is 5.21. The van der Waals surface area contributed by atoms with E-state index in [4.69, 9.17) is 14.2 Å². The Labute approximate surface area is 189 Å². The van der Waals surface area contributed by atoms with Crippen LogP contribution in [0.25, 0.3) is 11.4 Å². The van der Waals surface area contributed by atoms with Gasteiger partial charge in [-0.05, 0) is 43.2 Å². The van der Waals surface area contributed by atoms with Crippen LogP contribution in [-0.4, -0.2) is 52.1 Å². The van der Waals surface area contributed by atoms with Gasteiger partial charge in [-0.1, -0.05) is 0 Å². The highest BCUT2D eigenvalue weighted by molar-refractivity contribution is 5.69. The van der Waals surface area contributed by atoms with E-state index in [1.807, 2.05) is 14.0 Å². The smallest absolute Gasteiger partial charge is 0.409 e. The molecule has 2 heterocycles. The highest BCUT2D eigenvalue weighted by Gasteiger charge is 2.21. The van der Waals surface area contributed by atoms with Gasteiger partial charge in [0.25, 0.3) is 0 Å². The zero-order chi connectivity index (χ0) is 23.4. The van der Waals surface area contributed by atoms with Crippen LogP contribution < -0.4 is 9.47 Å². The van der Waals surface area contributed by atoms with Gasteiger partial charge in [0, 0.05) is 25.2 Å². The first-order valence-corrected chi connectivity index (χ1v) is 10.4. The Balaban J connectivity index is 1.45. The summed E-state index contributed by atoms with van der Waals surface area (Å²) in [7, 11) is 1.81. The van der Waals surface area contributed by atoms with Crippen molar-refractivity contribution in [3.63, 3.8) is 0 Å². The van der Waals surface area contributed by atoms with Crippen molar-refractivity contribution in [2.45, 2.75) is 13.3 Å². The standard InChI is InChI=1S/C23H22FN5O4/c1-15-10-16(13-25)21(12-18(15)22-27-26-14-28(22)2)33-20-5-4-17(11-19(20)24)31-8-3-6-29-7-9-32-23(29)30/h4-5,10-12,14H,3,6-9H2,1-2H3. The molecule has 1 aliphatic heterocycles. The lowest BCUT2D eigenvalue weighted by molar-refractivity contribution is 0.156. The van der Waals surface area contributed by atoms with E-state index in [0.29, 0.717) is 44.3 Å². The summed E-state index contributed by atoms with van der Waals surface area (Å²) in [5.74, 6) is 0.499. The number of carbonyl (C=O) groups excluding carboxylic acids is 1. The number of hydrogen-bond acceptors (Lipinski definition) is 7. The van der Waals surface area contributed by atoms with E-state index < -0.39 is 5.82 Å². The molecule has 33 heavy (non-hydrogen) atoms. The maximum absolute atomic E-state index is 14.7. The molecular formula is C23H22FN5O4. The molecule has 0 N–H and O–H groups in total. The van der Waals surface area contributed by atoms with Crippen LogP contribution >= 0.6 is 0 Å². The molecule has 0 unspecified atom stereocenters. The molecule has 0 aliphatic carbocycles. The molecule has 1 amide bonds. The Hall–Kier alpha value is -4.13. The second-order valence-corrected chi connectivity index (χ2v) is 7.54. The van der Waals surface area contributed by atoms with Gasteiger partial charge in [0.05, 0.1) is 18.7 Å². The molecule has 1 saturated heterocycles. The third-order valence-corrected chi connectivity index (χ3v) is 5.21. The molecule has 170 valence electrons. The molecule has 1 fully saturated rings. The number of rotatable bonds is 8. The molecule has 1 aromatic heterocycles. The molecule has 0 saturated carbocycles. The van der Waals surface area contributed by atoms with Crippen LogP contribution in [0.5, 0.6) is 17.2 Å². The summed E-state index contributed by atoms with van der Waals surface area (Å²) in [6.07, 6.45) is 1.84. The van der Waals surface area contributed by atoms with Gasteiger partial charge in [-0.25, -0.2) is 9.18 Å². The Kier molecular flexibility index (Phi) is 6.40. The van der Waals surface area contributed by atoms with Crippen LogP contribution in [-0.2, 0) is 11.8 Å². The van der Waals surface area contributed by atoms with Crippen LogP contribution in [0.1, 0.15) is 17.5 Å². The molecule has 0 radical (unpaired) electrons. The Bertz CT molecular complexity index is 1220. The molecule has 10 heteroatoms. The van der Waals surface area contributed by atoms with Crippen LogP contribution in [0, 0.1) is 24.1 Å².